The summed E-state index contributed by atoms with van der Waals surface area (Å²) in [6, 6.07) is 0. The van der Waals surface area contributed by atoms with E-state index in [1.165, 1.54) is 11.1 Å². The Morgan fingerprint density at radius 1 is 1.67 bits per heavy atom. The van der Waals surface area contributed by atoms with Gasteiger partial charge in [-0.05, 0) is 36.8 Å². The lowest BCUT2D eigenvalue weighted by Gasteiger charge is -2.19. The van der Waals surface area contributed by atoms with Crippen molar-refractivity contribution in [2.45, 2.75) is 26.2 Å². The van der Waals surface area contributed by atoms with Crippen LogP contribution in [0.5, 0.6) is 0 Å². The van der Waals surface area contributed by atoms with Gasteiger partial charge in [0.15, 0.2) is 0 Å². The van der Waals surface area contributed by atoms with Crippen molar-refractivity contribution >= 4 is 0 Å². The van der Waals surface area contributed by atoms with Crippen molar-refractivity contribution < 1.29 is 9.52 Å². The Kier molecular flexibility index (Phi) is 1.93. The average Bonchev–Trinajstić information content (AvgIpc) is 2.47. The zero-order valence-electron chi connectivity index (χ0n) is 7.34. The highest BCUT2D eigenvalue weighted by Gasteiger charge is 2.21. The van der Waals surface area contributed by atoms with Gasteiger partial charge in [0, 0.05) is 13.0 Å². The molecular formula is C10H14O2. The number of hydrogen-bond acceptors (Lipinski definition) is 2. The van der Waals surface area contributed by atoms with E-state index in [0.717, 1.165) is 25.0 Å². The van der Waals surface area contributed by atoms with Gasteiger partial charge in [0.1, 0.15) is 5.76 Å². The zero-order valence-corrected chi connectivity index (χ0v) is 7.34. The molecule has 1 aromatic rings. The molecule has 1 aromatic heterocycles. The summed E-state index contributed by atoms with van der Waals surface area (Å²) in [5.74, 6) is 1.59. The molecule has 0 aromatic carbocycles. The molecule has 0 radical (unpaired) electrons. The van der Waals surface area contributed by atoms with Crippen molar-refractivity contribution in [3.05, 3.63) is 23.2 Å². The van der Waals surface area contributed by atoms with Gasteiger partial charge in [-0.1, -0.05) is 0 Å². The van der Waals surface area contributed by atoms with E-state index < -0.39 is 0 Å². The second kappa shape index (κ2) is 2.94. The highest BCUT2D eigenvalue weighted by molar-refractivity contribution is 5.29. The Bertz CT molecular complexity index is 275. The Morgan fingerprint density at radius 2 is 2.50 bits per heavy atom. The summed E-state index contributed by atoms with van der Waals surface area (Å²) < 4.78 is 5.40. The minimum absolute atomic E-state index is 0.310. The Morgan fingerprint density at radius 3 is 3.25 bits per heavy atom. The maximum atomic E-state index is 9.01. The topological polar surface area (TPSA) is 33.4 Å². The number of rotatable bonds is 1. The van der Waals surface area contributed by atoms with Crippen LogP contribution >= 0.6 is 0 Å². The van der Waals surface area contributed by atoms with Crippen molar-refractivity contribution in [3.63, 3.8) is 0 Å². The molecule has 66 valence electrons. The van der Waals surface area contributed by atoms with Crippen molar-refractivity contribution in [1.29, 1.82) is 0 Å². The summed E-state index contributed by atoms with van der Waals surface area (Å²) in [6.45, 7) is 2.38. The molecule has 2 rings (SSSR count). The maximum Gasteiger partial charge on any atom is 0.107 e. The Hall–Kier alpha value is -0.760. The summed E-state index contributed by atoms with van der Waals surface area (Å²) in [4.78, 5) is 0. The molecule has 1 heterocycles. The van der Waals surface area contributed by atoms with Crippen LogP contribution in [-0.4, -0.2) is 11.7 Å². The molecule has 1 unspecified atom stereocenters. The highest BCUT2D eigenvalue weighted by atomic mass is 16.3. The third-order valence-electron chi connectivity index (χ3n) is 2.72. The lowest BCUT2D eigenvalue weighted by Crippen LogP contribution is -2.16. The second-order valence-electron chi connectivity index (χ2n) is 3.61. The predicted octanol–water partition coefficient (Wildman–Crippen LogP) is 1.69. The molecule has 2 nitrogen and oxygen atoms in total. The number of aliphatic hydroxyl groups is 1. The van der Waals surface area contributed by atoms with E-state index in [1.54, 1.807) is 0 Å². The van der Waals surface area contributed by atoms with Crippen LogP contribution in [0, 0.1) is 12.8 Å². The summed E-state index contributed by atoms with van der Waals surface area (Å²) in [5, 5.41) is 9.01. The van der Waals surface area contributed by atoms with Gasteiger partial charge in [0.05, 0.1) is 6.26 Å². The molecule has 1 aliphatic carbocycles. The van der Waals surface area contributed by atoms with Gasteiger partial charge in [0.2, 0.25) is 0 Å². The van der Waals surface area contributed by atoms with Crippen molar-refractivity contribution in [3.8, 4) is 0 Å². The molecule has 0 bridgehead atoms. The summed E-state index contributed by atoms with van der Waals surface area (Å²) in [7, 11) is 0. The van der Waals surface area contributed by atoms with Crippen LogP contribution in [0.4, 0.5) is 0 Å². The fraction of sp³-hybridized carbons (Fsp3) is 0.600. The minimum atomic E-state index is 0.310. The molecule has 0 fully saturated rings. The number of furan rings is 1. The van der Waals surface area contributed by atoms with Gasteiger partial charge >= 0.3 is 0 Å². The van der Waals surface area contributed by atoms with E-state index in [1.807, 2.05) is 6.26 Å². The SMILES string of the molecule is Cc1coc2c1CC(CO)CC2. The number of aryl methyl sites for hydroxylation is 2. The van der Waals surface area contributed by atoms with Crippen LogP contribution in [0.1, 0.15) is 23.3 Å². The number of hydrogen-bond donors (Lipinski definition) is 1. The number of fused-ring (bicyclic) bond motifs is 1. The van der Waals surface area contributed by atoms with E-state index in [4.69, 9.17) is 9.52 Å². The fourth-order valence-corrected chi connectivity index (χ4v) is 1.89. The molecular weight excluding hydrogens is 152 g/mol. The summed E-state index contributed by atoms with van der Waals surface area (Å²) >= 11 is 0. The zero-order chi connectivity index (χ0) is 8.55. The largest absolute Gasteiger partial charge is 0.469 e. The second-order valence-corrected chi connectivity index (χ2v) is 3.61. The van der Waals surface area contributed by atoms with Gasteiger partial charge < -0.3 is 9.52 Å². The summed E-state index contributed by atoms with van der Waals surface area (Å²) in [5.41, 5.74) is 2.57. The first-order valence-electron chi connectivity index (χ1n) is 4.48. The third-order valence-corrected chi connectivity index (χ3v) is 2.72. The van der Waals surface area contributed by atoms with Gasteiger partial charge in [-0.2, -0.15) is 0 Å². The van der Waals surface area contributed by atoms with Gasteiger partial charge in [-0.3, -0.25) is 0 Å². The lowest BCUT2D eigenvalue weighted by molar-refractivity contribution is 0.209. The number of aliphatic hydroxyl groups excluding tert-OH is 1. The molecule has 1 aliphatic rings. The molecule has 0 saturated carbocycles. The summed E-state index contributed by atoms with van der Waals surface area (Å²) in [6.07, 6.45) is 4.88. The van der Waals surface area contributed by atoms with Crippen LogP contribution in [0.3, 0.4) is 0 Å². The van der Waals surface area contributed by atoms with Crippen molar-refractivity contribution in [2.24, 2.45) is 5.92 Å². The quantitative estimate of drug-likeness (QED) is 0.688. The molecule has 1 N–H and O–H groups in total. The van der Waals surface area contributed by atoms with Crippen molar-refractivity contribution in [1.82, 2.24) is 0 Å². The molecule has 0 amide bonds. The van der Waals surface area contributed by atoms with Crippen LogP contribution in [0.2, 0.25) is 0 Å². The standard InChI is InChI=1S/C10H14O2/c1-7-6-12-10-3-2-8(5-11)4-9(7)10/h6,8,11H,2-5H2,1H3. The third kappa shape index (κ3) is 1.16. The van der Waals surface area contributed by atoms with Gasteiger partial charge in [-0.25, -0.2) is 0 Å². The van der Waals surface area contributed by atoms with E-state index >= 15 is 0 Å². The predicted molar refractivity (Wildman–Crippen MR) is 46.0 cm³/mol. The van der Waals surface area contributed by atoms with Crippen LogP contribution in [-0.2, 0) is 12.8 Å². The van der Waals surface area contributed by atoms with E-state index in [9.17, 15) is 0 Å². The van der Waals surface area contributed by atoms with Crippen LogP contribution in [0.25, 0.3) is 0 Å². The molecule has 1 atom stereocenters. The van der Waals surface area contributed by atoms with E-state index in [2.05, 4.69) is 6.92 Å². The Balaban J connectivity index is 2.26. The molecule has 0 saturated heterocycles. The normalized spacial score (nSPS) is 22.3. The first kappa shape index (κ1) is 7.87. The average molecular weight is 166 g/mol. The Labute approximate surface area is 72.2 Å². The molecule has 0 aliphatic heterocycles. The van der Waals surface area contributed by atoms with Crippen LogP contribution < -0.4 is 0 Å². The lowest BCUT2D eigenvalue weighted by atomic mass is 9.87. The monoisotopic (exact) mass is 166 g/mol. The van der Waals surface area contributed by atoms with Gasteiger partial charge in [-0.15, -0.1) is 0 Å². The first-order chi connectivity index (χ1) is 5.81. The van der Waals surface area contributed by atoms with Crippen molar-refractivity contribution in [2.75, 3.05) is 6.61 Å². The smallest absolute Gasteiger partial charge is 0.107 e. The fourth-order valence-electron chi connectivity index (χ4n) is 1.89. The van der Waals surface area contributed by atoms with Crippen LogP contribution in [0.15, 0.2) is 10.7 Å². The molecule has 12 heavy (non-hydrogen) atoms. The molecule has 0 spiro atoms. The first-order valence-corrected chi connectivity index (χ1v) is 4.48. The van der Waals surface area contributed by atoms with Gasteiger partial charge in [0.25, 0.3) is 0 Å². The highest BCUT2D eigenvalue weighted by Crippen LogP contribution is 2.28. The molecule has 2 heteroatoms. The van der Waals surface area contributed by atoms with E-state index in [-0.39, 0.29) is 0 Å². The maximum absolute atomic E-state index is 9.01. The van der Waals surface area contributed by atoms with E-state index in [0.29, 0.717) is 12.5 Å². The minimum Gasteiger partial charge on any atom is -0.469 e.